The summed E-state index contributed by atoms with van der Waals surface area (Å²) in [4.78, 5) is 14.8. The number of hydrogen-bond donors (Lipinski definition) is 0. The Kier molecular flexibility index (Phi) is 4.52. The van der Waals surface area contributed by atoms with Gasteiger partial charge in [0.1, 0.15) is 5.75 Å². The molecule has 0 amide bonds. The van der Waals surface area contributed by atoms with Crippen LogP contribution in [0.3, 0.4) is 0 Å². The lowest BCUT2D eigenvalue weighted by Crippen LogP contribution is -2.12. The zero-order chi connectivity index (χ0) is 13.8. The Morgan fingerprint density at radius 1 is 1.44 bits per heavy atom. The fourth-order valence-electron chi connectivity index (χ4n) is 1.29. The van der Waals surface area contributed by atoms with Crippen LogP contribution >= 0.6 is 0 Å². The Bertz CT molecular complexity index is 432. The summed E-state index contributed by atoms with van der Waals surface area (Å²) in [6.07, 6.45) is -4.06. The van der Waals surface area contributed by atoms with Gasteiger partial charge >= 0.3 is 12.1 Å². The van der Waals surface area contributed by atoms with Crippen molar-refractivity contribution >= 4 is 5.97 Å². The number of nitrogens with zero attached hydrogens (tertiary/aromatic N) is 1. The molecule has 0 saturated heterocycles. The SMILES string of the molecule is CCOC(=O)Cc1ncc(C(F)(F)F)cc1OC. The quantitative estimate of drug-likeness (QED) is 0.781. The maximum atomic E-state index is 12.4. The van der Waals surface area contributed by atoms with Crippen molar-refractivity contribution in [2.24, 2.45) is 0 Å². The third-order valence-electron chi connectivity index (χ3n) is 2.09. The van der Waals surface area contributed by atoms with E-state index in [0.29, 0.717) is 6.20 Å². The molecule has 0 radical (unpaired) electrons. The fourth-order valence-corrected chi connectivity index (χ4v) is 1.29. The van der Waals surface area contributed by atoms with Crippen LogP contribution in [-0.2, 0) is 22.1 Å². The van der Waals surface area contributed by atoms with Crippen molar-refractivity contribution in [3.63, 3.8) is 0 Å². The van der Waals surface area contributed by atoms with Gasteiger partial charge in [-0.15, -0.1) is 0 Å². The summed E-state index contributed by atoms with van der Waals surface area (Å²) >= 11 is 0. The average molecular weight is 263 g/mol. The number of esters is 1. The molecule has 0 atom stereocenters. The molecule has 1 heterocycles. The Labute approximate surface area is 102 Å². The van der Waals surface area contributed by atoms with E-state index in [-0.39, 0.29) is 24.5 Å². The molecule has 7 heteroatoms. The van der Waals surface area contributed by atoms with Crippen LogP contribution in [-0.4, -0.2) is 24.7 Å². The highest BCUT2D eigenvalue weighted by Gasteiger charge is 2.32. The van der Waals surface area contributed by atoms with E-state index in [4.69, 9.17) is 4.74 Å². The second-order valence-electron chi connectivity index (χ2n) is 3.35. The van der Waals surface area contributed by atoms with Crippen LogP contribution < -0.4 is 4.74 Å². The second-order valence-corrected chi connectivity index (χ2v) is 3.35. The molecule has 0 N–H and O–H groups in total. The molecule has 0 saturated carbocycles. The Morgan fingerprint density at radius 3 is 2.61 bits per heavy atom. The van der Waals surface area contributed by atoms with Crippen molar-refractivity contribution < 1.29 is 27.4 Å². The van der Waals surface area contributed by atoms with Crippen molar-refractivity contribution in [3.05, 3.63) is 23.5 Å². The summed E-state index contributed by atoms with van der Waals surface area (Å²) < 4.78 is 46.8. The summed E-state index contributed by atoms with van der Waals surface area (Å²) in [5, 5.41) is 0. The van der Waals surface area contributed by atoms with Gasteiger partial charge in [-0.05, 0) is 13.0 Å². The zero-order valence-corrected chi connectivity index (χ0v) is 9.87. The van der Waals surface area contributed by atoms with Crippen molar-refractivity contribution in [1.82, 2.24) is 4.98 Å². The maximum Gasteiger partial charge on any atom is 0.418 e. The first-order valence-electron chi connectivity index (χ1n) is 5.14. The Hall–Kier alpha value is -1.79. The van der Waals surface area contributed by atoms with Crippen molar-refractivity contribution in [3.8, 4) is 5.75 Å². The number of aromatic nitrogens is 1. The van der Waals surface area contributed by atoms with Gasteiger partial charge in [0.15, 0.2) is 0 Å². The monoisotopic (exact) mass is 263 g/mol. The minimum atomic E-state index is -4.50. The highest BCUT2D eigenvalue weighted by atomic mass is 19.4. The normalized spacial score (nSPS) is 11.2. The molecule has 0 aromatic carbocycles. The average Bonchev–Trinajstić information content (AvgIpc) is 2.28. The number of carbonyl (C=O) groups excluding carboxylic acids is 1. The van der Waals surface area contributed by atoms with E-state index < -0.39 is 17.7 Å². The lowest BCUT2D eigenvalue weighted by atomic mass is 10.2. The number of hydrogen-bond acceptors (Lipinski definition) is 4. The minimum Gasteiger partial charge on any atom is -0.495 e. The van der Waals surface area contributed by atoms with Gasteiger partial charge in [-0.2, -0.15) is 13.2 Å². The van der Waals surface area contributed by atoms with E-state index in [2.05, 4.69) is 9.72 Å². The van der Waals surface area contributed by atoms with E-state index in [9.17, 15) is 18.0 Å². The van der Waals surface area contributed by atoms with Gasteiger partial charge in [-0.1, -0.05) is 0 Å². The van der Waals surface area contributed by atoms with E-state index in [1.54, 1.807) is 6.92 Å². The van der Waals surface area contributed by atoms with Crippen LogP contribution in [0.5, 0.6) is 5.75 Å². The van der Waals surface area contributed by atoms with E-state index in [1.807, 2.05) is 0 Å². The number of halogens is 3. The standard InChI is InChI=1S/C11H12F3NO3/c1-3-18-10(16)5-8-9(17-2)4-7(6-15-8)11(12,13)14/h4,6H,3,5H2,1-2H3. The van der Waals surface area contributed by atoms with Gasteiger partial charge in [0.05, 0.1) is 31.4 Å². The number of carbonyl (C=O) groups is 1. The van der Waals surface area contributed by atoms with Crippen molar-refractivity contribution in [2.75, 3.05) is 13.7 Å². The van der Waals surface area contributed by atoms with Crippen LogP contribution in [0.25, 0.3) is 0 Å². The molecule has 1 aromatic rings. The summed E-state index contributed by atoms with van der Waals surface area (Å²) in [6.45, 7) is 1.83. The largest absolute Gasteiger partial charge is 0.495 e. The summed E-state index contributed by atoms with van der Waals surface area (Å²) in [5.41, 5.74) is -0.809. The van der Waals surface area contributed by atoms with Crippen molar-refractivity contribution in [2.45, 2.75) is 19.5 Å². The molecule has 1 aromatic heterocycles. The molecule has 4 nitrogen and oxygen atoms in total. The summed E-state index contributed by atoms with van der Waals surface area (Å²) in [7, 11) is 1.21. The molecule has 0 unspecified atom stereocenters. The predicted octanol–water partition coefficient (Wildman–Crippen LogP) is 2.21. The minimum absolute atomic E-state index is 0.0853. The maximum absolute atomic E-state index is 12.4. The number of pyridine rings is 1. The van der Waals surface area contributed by atoms with Gasteiger partial charge in [0.25, 0.3) is 0 Å². The van der Waals surface area contributed by atoms with Crippen LogP contribution in [0.15, 0.2) is 12.3 Å². The molecule has 0 aliphatic carbocycles. The van der Waals surface area contributed by atoms with Gasteiger partial charge in [0, 0.05) is 6.20 Å². The summed E-state index contributed by atoms with van der Waals surface area (Å²) in [5.74, 6) is -0.652. The molecule has 100 valence electrons. The lowest BCUT2D eigenvalue weighted by molar-refractivity contribution is -0.142. The molecule has 0 spiro atoms. The molecule has 18 heavy (non-hydrogen) atoms. The topological polar surface area (TPSA) is 48.4 Å². The molecular weight excluding hydrogens is 251 g/mol. The number of ether oxygens (including phenoxy) is 2. The number of rotatable bonds is 4. The molecule has 0 aliphatic heterocycles. The van der Waals surface area contributed by atoms with Gasteiger partial charge in [-0.25, -0.2) is 0 Å². The Balaban J connectivity index is 2.97. The summed E-state index contributed by atoms with van der Waals surface area (Å²) in [6, 6.07) is 0.807. The third-order valence-corrected chi connectivity index (χ3v) is 2.09. The predicted molar refractivity (Wildman–Crippen MR) is 56.1 cm³/mol. The van der Waals surface area contributed by atoms with Crippen LogP contribution in [0.2, 0.25) is 0 Å². The Morgan fingerprint density at radius 2 is 2.11 bits per heavy atom. The third kappa shape index (κ3) is 3.61. The van der Waals surface area contributed by atoms with E-state index in [0.717, 1.165) is 6.07 Å². The molecule has 0 aliphatic rings. The molecule has 0 fully saturated rings. The van der Waals surface area contributed by atoms with Crippen LogP contribution in [0.1, 0.15) is 18.2 Å². The first-order chi connectivity index (χ1) is 8.38. The van der Waals surface area contributed by atoms with Crippen LogP contribution in [0, 0.1) is 0 Å². The van der Waals surface area contributed by atoms with Gasteiger partial charge in [0.2, 0.25) is 0 Å². The van der Waals surface area contributed by atoms with E-state index in [1.165, 1.54) is 7.11 Å². The smallest absolute Gasteiger partial charge is 0.418 e. The molecular formula is C11H12F3NO3. The number of alkyl halides is 3. The van der Waals surface area contributed by atoms with E-state index >= 15 is 0 Å². The first-order valence-corrected chi connectivity index (χ1v) is 5.14. The molecule has 1 rings (SSSR count). The van der Waals surface area contributed by atoms with Crippen LogP contribution in [0.4, 0.5) is 13.2 Å². The highest BCUT2D eigenvalue weighted by Crippen LogP contribution is 2.32. The van der Waals surface area contributed by atoms with Gasteiger partial charge in [-0.3, -0.25) is 9.78 Å². The lowest BCUT2D eigenvalue weighted by Gasteiger charge is -2.11. The second kappa shape index (κ2) is 5.70. The number of methoxy groups -OCH3 is 1. The first kappa shape index (κ1) is 14.3. The highest BCUT2D eigenvalue weighted by molar-refractivity contribution is 5.72. The zero-order valence-electron chi connectivity index (χ0n) is 9.87. The van der Waals surface area contributed by atoms with Crippen molar-refractivity contribution in [1.29, 1.82) is 0 Å². The van der Waals surface area contributed by atoms with Gasteiger partial charge < -0.3 is 9.47 Å². The molecule has 0 bridgehead atoms. The fraction of sp³-hybridized carbons (Fsp3) is 0.455.